The fraction of sp³-hybridized carbons (Fsp3) is 0.0909. The third-order valence-corrected chi connectivity index (χ3v) is 9.15. The molecule has 4 aromatic rings. The van der Waals surface area contributed by atoms with Gasteiger partial charge >= 0.3 is 0 Å². The molecule has 31 heavy (non-hydrogen) atoms. The second kappa shape index (κ2) is 8.78. The third-order valence-electron chi connectivity index (χ3n) is 4.93. The molecule has 0 heterocycles. The van der Waals surface area contributed by atoms with Gasteiger partial charge in [0.1, 0.15) is 0 Å². The molecule has 0 aliphatic heterocycles. The Morgan fingerprint density at radius 2 is 0.871 bits per heavy atom. The summed E-state index contributed by atoms with van der Waals surface area (Å²) in [6.07, 6.45) is 0. The normalized spacial score (nSPS) is 13.1. The lowest BCUT2D eigenvalue weighted by Gasteiger charge is -2.24. The molecule has 0 aliphatic carbocycles. The van der Waals surface area contributed by atoms with E-state index >= 15 is 0 Å². The zero-order chi connectivity index (χ0) is 22.6. The molecule has 0 N–H and O–H groups in total. The Labute approximate surface area is 230 Å². The zero-order valence-electron chi connectivity index (χ0n) is 15.4. The fourth-order valence-electron chi connectivity index (χ4n) is 3.65. The molecule has 0 aromatic heterocycles. The number of rotatable bonds is 2. The van der Waals surface area contributed by atoms with Crippen molar-refractivity contribution >= 4 is 127 Å². The monoisotopic (exact) mass is 814 g/mol. The number of alkyl halides is 6. The van der Waals surface area contributed by atoms with Crippen molar-refractivity contribution in [3.8, 4) is 0 Å². The number of halogens is 6. The van der Waals surface area contributed by atoms with Gasteiger partial charge in [-0.05, 0) is 33.7 Å². The highest BCUT2D eigenvalue weighted by atomic mass is 80.0. The Hall–Kier alpha value is 0.230. The Bertz CT molecular complexity index is 1320. The Morgan fingerprint density at radius 1 is 0.516 bits per heavy atom. The molecular formula is C22H12Br6O2S. The number of benzene rings is 4. The van der Waals surface area contributed by atoms with E-state index in [4.69, 9.17) is 0 Å². The highest BCUT2D eigenvalue weighted by Gasteiger charge is 2.37. The van der Waals surface area contributed by atoms with Crippen LogP contribution in [0.1, 0.15) is 11.1 Å². The van der Waals surface area contributed by atoms with E-state index in [1.54, 1.807) is 12.1 Å². The highest BCUT2D eigenvalue weighted by molar-refractivity contribution is 9.39. The number of fused-ring (bicyclic) bond motifs is 2. The average Bonchev–Trinajstić information content (AvgIpc) is 2.70. The lowest BCUT2D eigenvalue weighted by atomic mass is 10.1. The van der Waals surface area contributed by atoms with Gasteiger partial charge in [0.05, 0.1) is 9.79 Å². The van der Waals surface area contributed by atoms with Crippen LogP contribution in [-0.4, -0.2) is 8.42 Å². The van der Waals surface area contributed by atoms with Gasteiger partial charge in [0.2, 0.25) is 9.84 Å². The molecule has 0 bridgehead atoms. The first-order chi connectivity index (χ1) is 14.4. The van der Waals surface area contributed by atoms with Crippen molar-refractivity contribution in [3.05, 3.63) is 83.9 Å². The predicted molar refractivity (Wildman–Crippen MR) is 150 cm³/mol. The van der Waals surface area contributed by atoms with Crippen LogP contribution in [-0.2, 0) is 14.1 Å². The molecule has 2 nitrogen and oxygen atoms in total. The van der Waals surface area contributed by atoms with Gasteiger partial charge in [0.25, 0.3) is 0 Å². The van der Waals surface area contributed by atoms with Crippen LogP contribution in [0, 0.1) is 0 Å². The van der Waals surface area contributed by atoms with Gasteiger partial charge in [0.15, 0.2) is 4.29 Å². The summed E-state index contributed by atoms with van der Waals surface area (Å²) < 4.78 is 26.4. The van der Waals surface area contributed by atoms with Crippen molar-refractivity contribution in [2.75, 3.05) is 0 Å². The maximum Gasteiger partial charge on any atom is 0.207 e. The van der Waals surface area contributed by atoms with E-state index in [2.05, 4.69) is 95.6 Å². The maximum atomic E-state index is 14.1. The minimum atomic E-state index is -3.93. The molecule has 0 radical (unpaired) electrons. The smallest absolute Gasteiger partial charge is 0.207 e. The fourth-order valence-corrected chi connectivity index (χ4v) is 8.80. The highest BCUT2D eigenvalue weighted by Crippen LogP contribution is 2.53. The van der Waals surface area contributed by atoms with Crippen molar-refractivity contribution in [1.82, 2.24) is 0 Å². The second-order valence-electron chi connectivity index (χ2n) is 6.82. The van der Waals surface area contributed by atoms with Gasteiger partial charge in [-0.1, -0.05) is 156 Å². The first-order valence-corrected chi connectivity index (χ1v) is 15.1. The molecule has 160 valence electrons. The molecule has 0 spiro atoms. The maximum absolute atomic E-state index is 14.1. The summed E-state index contributed by atoms with van der Waals surface area (Å²) in [5.41, 5.74) is 1.16. The van der Waals surface area contributed by atoms with Gasteiger partial charge < -0.3 is 0 Å². The molecule has 4 aromatic carbocycles. The van der Waals surface area contributed by atoms with Crippen molar-refractivity contribution in [2.24, 2.45) is 0 Å². The molecule has 9 heteroatoms. The van der Waals surface area contributed by atoms with Gasteiger partial charge in [-0.15, -0.1) is 0 Å². The molecule has 0 fully saturated rings. The summed E-state index contributed by atoms with van der Waals surface area (Å²) in [5.74, 6) is 0. The van der Waals surface area contributed by atoms with Gasteiger partial charge in [0, 0.05) is 11.1 Å². The van der Waals surface area contributed by atoms with Crippen molar-refractivity contribution < 1.29 is 8.42 Å². The van der Waals surface area contributed by atoms with E-state index in [-0.39, 0.29) is 9.79 Å². The van der Waals surface area contributed by atoms with E-state index in [1.165, 1.54) is 0 Å². The quantitative estimate of drug-likeness (QED) is 0.189. The zero-order valence-corrected chi connectivity index (χ0v) is 25.8. The van der Waals surface area contributed by atoms with Crippen LogP contribution in [0.5, 0.6) is 0 Å². The van der Waals surface area contributed by atoms with Crippen molar-refractivity contribution in [2.45, 2.75) is 14.1 Å². The van der Waals surface area contributed by atoms with E-state index < -0.39 is 14.1 Å². The Balaban J connectivity index is 2.13. The summed E-state index contributed by atoms with van der Waals surface area (Å²) in [5, 5.41) is 3.51. The number of sulfone groups is 1. The van der Waals surface area contributed by atoms with Crippen molar-refractivity contribution in [1.29, 1.82) is 0 Å². The van der Waals surface area contributed by atoms with Gasteiger partial charge in [-0.25, -0.2) is 8.42 Å². The number of hydrogen-bond acceptors (Lipinski definition) is 2. The van der Waals surface area contributed by atoms with Gasteiger partial charge in [-0.2, -0.15) is 0 Å². The van der Waals surface area contributed by atoms with E-state index in [0.717, 1.165) is 21.5 Å². The van der Waals surface area contributed by atoms with E-state index in [0.29, 0.717) is 11.1 Å². The molecule has 0 saturated heterocycles. The van der Waals surface area contributed by atoms with Crippen LogP contribution in [0.4, 0.5) is 0 Å². The number of hydrogen-bond donors (Lipinski definition) is 0. The largest absolute Gasteiger partial charge is 0.218 e. The molecule has 0 amide bonds. The predicted octanol–water partition coefficient (Wildman–Crippen LogP) is 9.42. The van der Waals surface area contributed by atoms with E-state index in [1.807, 2.05) is 60.7 Å². The Kier molecular flexibility index (Phi) is 6.90. The second-order valence-corrected chi connectivity index (χ2v) is 22.2. The van der Waals surface area contributed by atoms with Crippen LogP contribution in [0.15, 0.2) is 82.6 Å². The standard InChI is InChI=1S/C22H12Br6O2S/c23-21(24,25)19-15-7-3-1-5-13(15)9-11-17(19)31(29,30)18-12-10-14-6-2-4-8-16(14)20(18)22(26,27)28/h1-12H. The molecule has 4 rings (SSSR count). The van der Waals surface area contributed by atoms with Crippen LogP contribution < -0.4 is 0 Å². The molecule has 0 saturated carbocycles. The molecule has 0 unspecified atom stereocenters. The summed E-state index contributed by atoms with van der Waals surface area (Å²) in [7, 11) is -3.93. The minimum Gasteiger partial charge on any atom is -0.218 e. The first kappa shape index (κ1) is 24.4. The summed E-state index contributed by atoms with van der Waals surface area (Å²) in [6, 6.07) is 22.3. The summed E-state index contributed by atoms with van der Waals surface area (Å²) >= 11 is 21.4. The van der Waals surface area contributed by atoms with Crippen LogP contribution in [0.25, 0.3) is 21.5 Å². The van der Waals surface area contributed by atoms with Crippen LogP contribution in [0.2, 0.25) is 0 Å². The first-order valence-electron chi connectivity index (χ1n) is 8.85. The summed E-state index contributed by atoms with van der Waals surface area (Å²) in [6.45, 7) is 0. The lowest BCUT2D eigenvalue weighted by molar-refractivity contribution is 0.595. The SMILES string of the molecule is O=S(=O)(c1ccc2ccccc2c1C(Br)(Br)Br)c1ccc2ccccc2c1C(Br)(Br)Br. The lowest BCUT2D eigenvalue weighted by Crippen LogP contribution is -2.15. The van der Waals surface area contributed by atoms with Crippen LogP contribution in [0.3, 0.4) is 0 Å². The molecule has 0 atom stereocenters. The topological polar surface area (TPSA) is 34.1 Å². The van der Waals surface area contributed by atoms with Crippen LogP contribution >= 0.6 is 95.6 Å². The molecule has 0 aliphatic rings. The molecular weight excluding hydrogens is 808 g/mol. The average molecular weight is 820 g/mol. The third kappa shape index (κ3) is 4.62. The van der Waals surface area contributed by atoms with Crippen molar-refractivity contribution in [3.63, 3.8) is 0 Å². The minimum absolute atomic E-state index is 0.199. The summed E-state index contributed by atoms with van der Waals surface area (Å²) in [4.78, 5) is 0.398. The van der Waals surface area contributed by atoms with Gasteiger partial charge in [-0.3, -0.25) is 0 Å². The van der Waals surface area contributed by atoms with E-state index in [9.17, 15) is 8.42 Å². The Morgan fingerprint density at radius 3 is 1.23 bits per heavy atom.